The number of benzene rings is 1. The van der Waals surface area contributed by atoms with E-state index in [9.17, 15) is 4.79 Å². The van der Waals surface area contributed by atoms with Gasteiger partial charge < -0.3 is 19.7 Å². The van der Waals surface area contributed by atoms with Crippen molar-refractivity contribution in [3.05, 3.63) is 29.3 Å². The van der Waals surface area contributed by atoms with Crippen molar-refractivity contribution in [2.24, 2.45) is 0 Å². The summed E-state index contributed by atoms with van der Waals surface area (Å²) in [6.45, 7) is 3.40. The fourth-order valence-corrected chi connectivity index (χ4v) is 3.14. The number of hydrogen-bond acceptors (Lipinski definition) is 4. The highest BCUT2D eigenvalue weighted by Gasteiger charge is 2.11. The number of carboxylic acid groups (broad SMARTS) is 1. The van der Waals surface area contributed by atoms with Gasteiger partial charge >= 0.3 is 5.97 Å². The predicted molar refractivity (Wildman–Crippen MR) is 107 cm³/mol. The Labute approximate surface area is 163 Å². The van der Waals surface area contributed by atoms with Crippen LogP contribution >= 0.6 is 0 Å². The Bertz CT molecular complexity index is 515. The first-order valence-electron chi connectivity index (χ1n) is 10.3. The van der Waals surface area contributed by atoms with Crippen molar-refractivity contribution in [1.82, 2.24) is 0 Å². The van der Waals surface area contributed by atoms with Crippen LogP contribution in [0.5, 0.6) is 5.75 Å². The van der Waals surface area contributed by atoms with Gasteiger partial charge in [0.25, 0.3) is 0 Å². The molecule has 0 saturated heterocycles. The topological polar surface area (TPSA) is 76.0 Å². The van der Waals surface area contributed by atoms with Crippen LogP contribution in [0.25, 0.3) is 0 Å². The molecule has 0 aromatic heterocycles. The van der Waals surface area contributed by atoms with E-state index in [-0.39, 0.29) is 13.0 Å². The Morgan fingerprint density at radius 3 is 2.41 bits per heavy atom. The molecule has 154 valence electrons. The number of carboxylic acids is 1. The van der Waals surface area contributed by atoms with E-state index in [1.807, 2.05) is 18.2 Å². The molecule has 0 saturated carbocycles. The predicted octanol–water partition coefficient (Wildman–Crippen LogP) is 4.38. The van der Waals surface area contributed by atoms with E-state index >= 15 is 0 Å². The van der Waals surface area contributed by atoms with Gasteiger partial charge in [0, 0.05) is 6.42 Å². The zero-order valence-corrected chi connectivity index (χ0v) is 16.8. The van der Waals surface area contributed by atoms with Crippen molar-refractivity contribution < 1.29 is 24.5 Å². The smallest absolute Gasteiger partial charge is 0.303 e. The van der Waals surface area contributed by atoms with Crippen LogP contribution in [0.3, 0.4) is 0 Å². The minimum atomic E-state index is -0.777. The van der Waals surface area contributed by atoms with Crippen LogP contribution in [0.1, 0.15) is 69.4 Å². The first kappa shape index (κ1) is 23.4. The molecule has 1 aromatic carbocycles. The number of ether oxygens (including phenoxy) is 2. The number of carbonyl (C=O) groups is 1. The van der Waals surface area contributed by atoms with Gasteiger partial charge in [0.2, 0.25) is 0 Å². The van der Waals surface area contributed by atoms with Crippen LogP contribution in [0, 0.1) is 0 Å². The number of rotatable bonds is 17. The Morgan fingerprint density at radius 1 is 0.963 bits per heavy atom. The fraction of sp³-hybridized carbons (Fsp3) is 0.682. The van der Waals surface area contributed by atoms with E-state index in [2.05, 4.69) is 6.92 Å². The molecule has 1 rings (SSSR count). The molecule has 0 fully saturated rings. The maximum absolute atomic E-state index is 11.0. The van der Waals surface area contributed by atoms with Gasteiger partial charge in [-0.05, 0) is 36.5 Å². The molecule has 0 aliphatic heterocycles. The van der Waals surface area contributed by atoms with E-state index in [1.54, 1.807) is 0 Å². The summed E-state index contributed by atoms with van der Waals surface area (Å²) in [5.41, 5.74) is 2.20. The van der Waals surface area contributed by atoms with Crippen LogP contribution in [-0.2, 0) is 22.4 Å². The third kappa shape index (κ3) is 11.0. The Morgan fingerprint density at radius 2 is 1.70 bits per heavy atom. The van der Waals surface area contributed by atoms with Crippen molar-refractivity contribution in [2.45, 2.75) is 71.1 Å². The molecular weight excluding hydrogens is 344 g/mol. The molecule has 0 bridgehead atoms. The maximum atomic E-state index is 11.0. The number of aryl methyl sites for hydroxylation is 1. The van der Waals surface area contributed by atoms with E-state index in [1.165, 1.54) is 38.5 Å². The Hall–Kier alpha value is -1.59. The van der Waals surface area contributed by atoms with Gasteiger partial charge in [-0.2, -0.15) is 0 Å². The highest BCUT2D eigenvalue weighted by atomic mass is 16.5. The van der Waals surface area contributed by atoms with Gasteiger partial charge in [-0.3, -0.25) is 4.79 Å². The van der Waals surface area contributed by atoms with E-state index in [0.717, 1.165) is 29.7 Å². The number of aliphatic carboxylic acids is 1. The molecule has 1 aromatic rings. The summed E-state index contributed by atoms with van der Waals surface area (Å²) in [5, 5.41) is 17.7. The third-order valence-corrected chi connectivity index (χ3v) is 4.59. The van der Waals surface area contributed by atoms with Crippen molar-refractivity contribution >= 4 is 5.97 Å². The van der Waals surface area contributed by atoms with Gasteiger partial charge in [0.1, 0.15) is 12.4 Å². The molecule has 0 amide bonds. The molecular formula is C22H36O5. The molecule has 5 nitrogen and oxygen atoms in total. The van der Waals surface area contributed by atoms with E-state index in [0.29, 0.717) is 26.2 Å². The summed E-state index contributed by atoms with van der Waals surface area (Å²) in [5.74, 6) is 0.0528. The Balaban J connectivity index is 2.59. The lowest BCUT2D eigenvalue weighted by Gasteiger charge is -2.16. The van der Waals surface area contributed by atoms with Gasteiger partial charge in [-0.25, -0.2) is 0 Å². The monoisotopic (exact) mass is 380 g/mol. The number of unbranched alkanes of at least 4 members (excludes halogenated alkanes) is 6. The standard InChI is InChI=1S/C22H36O5/c1-2-3-4-5-6-7-8-11-20-19(13-14-22(24)25)10-9-12-21(20)27-18-17-26-16-15-23/h9-10,12,23H,2-8,11,13-18H2,1H3,(H,24,25). The molecule has 0 heterocycles. The second-order valence-corrected chi connectivity index (χ2v) is 6.84. The molecule has 0 aliphatic rings. The third-order valence-electron chi connectivity index (χ3n) is 4.59. The van der Waals surface area contributed by atoms with Gasteiger partial charge in [-0.1, -0.05) is 57.6 Å². The summed E-state index contributed by atoms with van der Waals surface area (Å²) in [6, 6.07) is 5.89. The van der Waals surface area contributed by atoms with Gasteiger partial charge in [0.05, 0.1) is 19.8 Å². The lowest BCUT2D eigenvalue weighted by atomic mass is 9.96. The maximum Gasteiger partial charge on any atom is 0.303 e. The van der Waals surface area contributed by atoms with Crippen molar-refractivity contribution in [3.8, 4) is 5.75 Å². The number of hydrogen-bond donors (Lipinski definition) is 2. The molecule has 2 N–H and O–H groups in total. The first-order chi connectivity index (χ1) is 13.2. The second-order valence-electron chi connectivity index (χ2n) is 6.84. The number of aliphatic hydroxyl groups excluding tert-OH is 1. The molecule has 0 atom stereocenters. The molecule has 0 spiro atoms. The number of aliphatic hydroxyl groups is 1. The first-order valence-corrected chi connectivity index (χ1v) is 10.3. The van der Waals surface area contributed by atoms with E-state index < -0.39 is 5.97 Å². The minimum absolute atomic E-state index is 0.00811. The minimum Gasteiger partial charge on any atom is -0.491 e. The van der Waals surface area contributed by atoms with Crippen molar-refractivity contribution in [2.75, 3.05) is 26.4 Å². The summed E-state index contributed by atoms with van der Waals surface area (Å²) >= 11 is 0. The van der Waals surface area contributed by atoms with Gasteiger partial charge in [-0.15, -0.1) is 0 Å². The summed E-state index contributed by atoms with van der Waals surface area (Å²) < 4.78 is 11.1. The van der Waals surface area contributed by atoms with Crippen LogP contribution in [0.4, 0.5) is 0 Å². The zero-order valence-electron chi connectivity index (χ0n) is 16.8. The molecule has 0 radical (unpaired) electrons. The molecule has 27 heavy (non-hydrogen) atoms. The lowest BCUT2D eigenvalue weighted by molar-refractivity contribution is -0.136. The second kappa shape index (κ2) is 15.5. The Kier molecular flexibility index (Phi) is 13.4. The fourth-order valence-electron chi connectivity index (χ4n) is 3.14. The van der Waals surface area contributed by atoms with Gasteiger partial charge in [0.15, 0.2) is 0 Å². The normalized spacial score (nSPS) is 10.9. The molecule has 0 unspecified atom stereocenters. The average molecular weight is 381 g/mol. The summed E-state index contributed by atoms with van der Waals surface area (Å²) in [7, 11) is 0. The quantitative estimate of drug-likeness (QED) is 0.392. The summed E-state index contributed by atoms with van der Waals surface area (Å²) in [6.07, 6.45) is 10.3. The van der Waals surface area contributed by atoms with Crippen molar-refractivity contribution in [1.29, 1.82) is 0 Å². The van der Waals surface area contributed by atoms with Crippen LogP contribution in [0.2, 0.25) is 0 Å². The van der Waals surface area contributed by atoms with E-state index in [4.69, 9.17) is 19.7 Å². The lowest BCUT2D eigenvalue weighted by Crippen LogP contribution is -2.11. The van der Waals surface area contributed by atoms with Crippen molar-refractivity contribution in [3.63, 3.8) is 0 Å². The highest BCUT2D eigenvalue weighted by molar-refractivity contribution is 5.67. The highest BCUT2D eigenvalue weighted by Crippen LogP contribution is 2.26. The van der Waals surface area contributed by atoms with Crippen LogP contribution in [-0.4, -0.2) is 42.6 Å². The molecule has 0 aliphatic carbocycles. The summed E-state index contributed by atoms with van der Waals surface area (Å²) in [4.78, 5) is 11.0. The van der Waals surface area contributed by atoms with Crippen LogP contribution in [0.15, 0.2) is 18.2 Å². The van der Waals surface area contributed by atoms with Crippen LogP contribution < -0.4 is 4.74 Å². The zero-order chi connectivity index (χ0) is 19.7. The SMILES string of the molecule is CCCCCCCCCc1c(CCC(=O)O)cccc1OCCOCCO. The largest absolute Gasteiger partial charge is 0.491 e. The average Bonchev–Trinajstić information content (AvgIpc) is 2.66. The molecule has 5 heteroatoms.